The highest BCUT2D eigenvalue weighted by Gasteiger charge is 2.07. The monoisotopic (exact) mass is 286 g/mol. The predicted molar refractivity (Wildman–Crippen MR) is 63.3 cm³/mol. The largest absolute Gasteiger partial charge is 0.467 e. The molecular formula is C10H14N4O6. The molecule has 0 radical (unpaired) electrons. The molecule has 1 heterocycles. The molecule has 0 atom stereocenters. The van der Waals surface area contributed by atoms with Gasteiger partial charge in [0.2, 0.25) is 5.88 Å². The fraction of sp³-hybridized carbons (Fsp3) is 0.400. The van der Waals surface area contributed by atoms with Gasteiger partial charge in [0.25, 0.3) is 11.8 Å². The van der Waals surface area contributed by atoms with Crippen molar-refractivity contribution in [2.75, 3.05) is 27.4 Å². The summed E-state index contributed by atoms with van der Waals surface area (Å²) in [6.07, 6.45) is 1.36. The van der Waals surface area contributed by atoms with Crippen molar-refractivity contribution in [2.24, 2.45) is 0 Å². The normalized spacial score (nSPS) is 9.70. The summed E-state index contributed by atoms with van der Waals surface area (Å²) in [6.45, 7) is -0.601. The van der Waals surface area contributed by atoms with Gasteiger partial charge in [-0.15, -0.1) is 0 Å². The molecular weight excluding hydrogens is 272 g/mol. The van der Waals surface area contributed by atoms with Crippen molar-refractivity contribution in [1.29, 1.82) is 0 Å². The first kappa shape index (κ1) is 15.6. The van der Waals surface area contributed by atoms with Crippen molar-refractivity contribution in [3.63, 3.8) is 0 Å². The highest BCUT2D eigenvalue weighted by atomic mass is 16.6. The molecule has 10 nitrogen and oxygen atoms in total. The molecule has 1 aromatic heterocycles. The number of carbonyl (C=O) groups excluding carboxylic acids is 2. The Morgan fingerprint density at radius 1 is 1.10 bits per heavy atom. The minimum absolute atomic E-state index is 0.0686. The molecule has 0 bridgehead atoms. The molecule has 20 heavy (non-hydrogen) atoms. The van der Waals surface area contributed by atoms with Gasteiger partial charge in [-0.25, -0.2) is 15.9 Å². The Morgan fingerprint density at radius 2 is 1.70 bits per heavy atom. The second-order valence-corrected chi connectivity index (χ2v) is 3.21. The van der Waals surface area contributed by atoms with Gasteiger partial charge in [0.1, 0.15) is 0 Å². The van der Waals surface area contributed by atoms with E-state index in [-0.39, 0.29) is 25.1 Å². The van der Waals surface area contributed by atoms with Gasteiger partial charge in [-0.2, -0.15) is 4.98 Å². The van der Waals surface area contributed by atoms with Crippen LogP contribution in [0.4, 0.5) is 0 Å². The third-order valence-corrected chi connectivity index (χ3v) is 1.72. The summed E-state index contributed by atoms with van der Waals surface area (Å²) < 4.78 is 10.1. The number of rotatable bonds is 8. The molecule has 0 spiro atoms. The number of amides is 2. The quantitative estimate of drug-likeness (QED) is 0.559. The highest BCUT2D eigenvalue weighted by molar-refractivity contribution is 5.76. The molecule has 0 aromatic carbocycles. The van der Waals surface area contributed by atoms with E-state index in [0.717, 1.165) is 0 Å². The Hall–Kier alpha value is -2.46. The van der Waals surface area contributed by atoms with E-state index in [1.54, 1.807) is 0 Å². The van der Waals surface area contributed by atoms with Gasteiger partial charge >= 0.3 is 6.01 Å². The predicted octanol–water partition coefficient (Wildman–Crippen LogP) is -1.41. The summed E-state index contributed by atoms with van der Waals surface area (Å²) in [5.41, 5.74) is 4.15. The SMILES string of the molecule is CONC(=O)COc1ccnc(OCC(=O)NOC)n1. The topological polar surface area (TPSA) is 121 Å². The van der Waals surface area contributed by atoms with E-state index in [2.05, 4.69) is 30.6 Å². The number of hydrogen-bond donors (Lipinski definition) is 2. The van der Waals surface area contributed by atoms with E-state index >= 15 is 0 Å². The van der Waals surface area contributed by atoms with Crippen molar-refractivity contribution >= 4 is 11.8 Å². The second-order valence-electron chi connectivity index (χ2n) is 3.21. The summed E-state index contributed by atoms with van der Waals surface area (Å²) in [5.74, 6) is -0.858. The summed E-state index contributed by atoms with van der Waals surface area (Å²) in [5, 5.41) is 0. The lowest BCUT2D eigenvalue weighted by Crippen LogP contribution is -2.28. The molecule has 1 rings (SSSR count). The average molecular weight is 286 g/mol. The molecule has 0 fully saturated rings. The van der Waals surface area contributed by atoms with Crippen LogP contribution in [0.5, 0.6) is 11.9 Å². The van der Waals surface area contributed by atoms with Crippen LogP contribution in [0.25, 0.3) is 0 Å². The average Bonchev–Trinajstić information content (AvgIpc) is 2.44. The number of hydroxylamine groups is 2. The van der Waals surface area contributed by atoms with Crippen LogP contribution in [-0.4, -0.2) is 49.2 Å². The van der Waals surface area contributed by atoms with Crippen LogP contribution < -0.4 is 20.4 Å². The smallest absolute Gasteiger partial charge is 0.320 e. The van der Waals surface area contributed by atoms with Gasteiger partial charge in [-0.1, -0.05) is 0 Å². The van der Waals surface area contributed by atoms with Gasteiger partial charge in [0, 0.05) is 12.3 Å². The third-order valence-electron chi connectivity index (χ3n) is 1.72. The fourth-order valence-corrected chi connectivity index (χ4v) is 1.03. The molecule has 0 unspecified atom stereocenters. The summed E-state index contributed by atoms with van der Waals surface area (Å²) >= 11 is 0. The second kappa shape index (κ2) is 8.61. The van der Waals surface area contributed by atoms with E-state index < -0.39 is 11.8 Å². The Morgan fingerprint density at radius 3 is 2.30 bits per heavy atom. The van der Waals surface area contributed by atoms with Gasteiger partial charge in [-0.05, 0) is 0 Å². The van der Waals surface area contributed by atoms with Crippen molar-refractivity contribution in [3.05, 3.63) is 12.3 Å². The van der Waals surface area contributed by atoms with Crippen LogP contribution in [0, 0.1) is 0 Å². The summed E-state index contributed by atoms with van der Waals surface area (Å²) in [4.78, 5) is 38.6. The standard InChI is InChI=1S/C10H14N4O6/c1-17-13-7(15)5-19-9-3-4-11-10(12-9)20-6-8(16)14-18-2/h3-4H,5-6H2,1-2H3,(H,13,15)(H,14,16). The lowest BCUT2D eigenvalue weighted by molar-refractivity contribution is -0.133. The van der Waals surface area contributed by atoms with Crippen LogP contribution in [0.15, 0.2) is 12.3 Å². The van der Waals surface area contributed by atoms with E-state index in [9.17, 15) is 9.59 Å². The van der Waals surface area contributed by atoms with Gasteiger partial charge in [-0.3, -0.25) is 19.3 Å². The van der Waals surface area contributed by atoms with Crippen molar-refractivity contribution in [2.45, 2.75) is 0 Å². The molecule has 110 valence electrons. The Kier molecular flexibility index (Phi) is 6.71. The van der Waals surface area contributed by atoms with Crippen LogP contribution in [0.1, 0.15) is 0 Å². The molecule has 2 N–H and O–H groups in total. The zero-order chi connectivity index (χ0) is 14.8. The van der Waals surface area contributed by atoms with Crippen molar-refractivity contribution in [3.8, 4) is 11.9 Å². The molecule has 0 saturated carbocycles. The summed E-state index contributed by atoms with van der Waals surface area (Å²) in [6, 6.07) is 1.36. The Balaban J connectivity index is 2.45. The highest BCUT2D eigenvalue weighted by Crippen LogP contribution is 2.09. The zero-order valence-electron chi connectivity index (χ0n) is 10.9. The molecule has 2 amide bonds. The van der Waals surface area contributed by atoms with E-state index in [1.807, 2.05) is 0 Å². The maximum Gasteiger partial charge on any atom is 0.320 e. The van der Waals surface area contributed by atoms with E-state index in [0.29, 0.717) is 0 Å². The Labute approximate surface area is 114 Å². The minimum atomic E-state index is -0.498. The summed E-state index contributed by atoms with van der Waals surface area (Å²) in [7, 11) is 2.60. The van der Waals surface area contributed by atoms with Gasteiger partial charge in [0.05, 0.1) is 14.2 Å². The van der Waals surface area contributed by atoms with Crippen LogP contribution >= 0.6 is 0 Å². The first-order valence-electron chi connectivity index (χ1n) is 5.38. The fourth-order valence-electron chi connectivity index (χ4n) is 1.03. The Bertz CT molecular complexity index is 418. The van der Waals surface area contributed by atoms with Crippen LogP contribution in [0.3, 0.4) is 0 Å². The van der Waals surface area contributed by atoms with Crippen molar-refractivity contribution in [1.82, 2.24) is 20.9 Å². The van der Waals surface area contributed by atoms with Crippen LogP contribution in [0.2, 0.25) is 0 Å². The number of carbonyl (C=O) groups is 2. The van der Waals surface area contributed by atoms with E-state index in [4.69, 9.17) is 9.47 Å². The van der Waals surface area contributed by atoms with Gasteiger partial charge in [0.15, 0.2) is 13.2 Å². The molecule has 0 aliphatic carbocycles. The minimum Gasteiger partial charge on any atom is -0.467 e. The number of nitrogens with one attached hydrogen (secondary N) is 2. The van der Waals surface area contributed by atoms with Crippen LogP contribution in [-0.2, 0) is 19.3 Å². The number of ether oxygens (including phenoxy) is 2. The first-order chi connectivity index (χ1) is 9.65. The van der Waals surface area contributed by atoms with Gasteiger partial charge < -0.3 is 9.47 Å². The number of nitrogens with zero attached hydrogens (tertiary/aromatic N) is 2. The first-order valence-corrected chi connectivity index (χ1v) is 5.38. The maximum absolute atomic E-state index is 11.1. The maximum atomic E-state index is 11.1. The zero-order valence-corrected chi connectivity index (χ0v) is 10.9. The number of hydrogen-bond acceptors (Lipinski definition) is 8. The third kappa shape index (κ3) is 5.93. The number of aromatic nitrogens is 2. The van der Waals surface area contributed by atoms with Crippen molar-refractivity contribution < 1.29 is 28.7 Å². The molecule has 10 heteroatoms. The van der Waals surface area contributed by atoms with E-state index in [1.165, 1.54) is 26.5 Å². The molecule has 0 aliphatic heterocycles. The lowest BCUT2D eigenvalue weighted by Gasteiger charge is -2.07. The lowest BCUT2D eigenvalue weighted by atomic mass is 10.6. The molecule has 1 aromatic rings. The molecule has 0 saturated heterocycles. The molecule has 0 aliphatic rings.